The van der Waals surface area contributed by atoms with Crippen molar-refractivity contribution in [2.75, 3.05) is 27.2 Å². The van der Waals surface area contributed by atoms with Crippen LogP contribution in [-0.2, 0) is 17.4 Å². The normalized spacial score (nSPS) is 11.5. The van der Waals surface area contributed by atoms with Gasteiger partial charge in [-0.2, -0.15) is 18.2 Å². The molecule has 26 heavy (non-hydrogen) atoms. The Labute approximate surface area is 155 Å². The van der Waals surface area contributed by atoms with E-state index >= 15 is 0 Å². The molecular formula is C15H22ClF3N6O. The molecule has 1 N–H and O–H groups in total. The molecule has 2 heterocycles. The third kappa shape index (κ3) is 4.82. The molecule has 0 atom stereocenters. The molecule has 146 valence electrons. The zero-order chi connectivity index (χ0) is 18.8. The first kappa shape index (κ1) is 22.1. The Kier molecular flexibility index (Phi) is 7.34. The highest BCUT2D eigenvalue weighted by Crippen LogP contribution is 2.27. The molecule has 0 spiro atoms. The second-order valence-electron chi connectivity index (χ2n) is 5.82. The van der Waals surface area contributed by atoms with E-state index in [0.717, 1.165) is 4.52 Å². The first-order chi connectivity index (χ1) is 11.6. The molecule has 0 aliphatic heterocycles. The number of rotatable bonds is 6. The van der Waals surface area contributed by atoms with Crippen LogP contribution in [0.4, 0.5) is 13.2 Å². The minimum Gasteiger partial charge on any atom is -0.344 e. The number of nitrogens with zero attached hydrogens (tertiary/aromatic N) is 5. The second-order valence-corrected chi connectivity index (χ2v) is 5.82. The number of fused-ring (bicyclic) bond motifs is 1. The molecule has 2 rings (SSSR count). The molecule has 0 aliphatic carbocycles. The lowest BCUT2D eigenvalue weighted by Gasteiger charge is -2.17. The van der Waals surface area contributed by atoms with Gasteiger partial charge >= 0.3 is 6.18 Å². The Morgan fingerprint density at radius 2 is 1.92 bits per heavy atom. The van der Waals surface area contributed by atoms with Crippen LogP contribution in [0.1, 0.15) is 29.2 Å². The number of nitrogens with one attached hydrogen (secondary N) is 1. The van der Waals surface area contributed by atoms with Gasteiger partial charge in [-0.15, -0.1) is 17.5 Å². The fraction of sp³-hybridized carbons (Fsp3) is 0.600. The number of aryl methyl sites for hydroxylation is 2. The van der Waals surface area contributed by atoms with E-state index in [2.05, 4.69) is 20.4 Å². The fourth-order valence-corrected chi connectivity index (χ4v) is 2.52. The number of halogens is 4. The summed E-state index contributed by atoms with van der Waals surface area (Å²) in [5.41, 5.74) is 1.77. The molecule has 2 aromatic heterocycles. The van der Waals surface area contributed by atoms with Gasteiger partial charge in [0.15, 0.2) is 0 Å². The Balaban J connectivity index is 0.00000338. The van der Waals surface area contributed by atoms with E-state index in [1.807, 2.05) is 0 Å². The van der Waals surface area contributed by atoms with Gasteiger partial charge in [-0.1, -0.05) is 0 Å². The minimum atomic E-state index is -4.62. The van der Waals surface area contributed by atoms with E-state index in [0.29, 0.717) is 36.5 Å². The van der Waals surface area contributed by atoms with Crippen molar-refractivity contribution in [3.05, 3.63) is 22.8 Å². The average Bonchev–Trinajstić information content (AvgIpc) is 2.96. The smallest absolute Gasteiger partial charge is 0.344 e. The maximum Gasteiger partial charge on any atom is 0.453 e. The number of aromatic nitrogens is 4. The fourth-order valence-electron chi connectivity index (χ4n) is 2.52. The third-order valence-corrected chi connectivity index (χ3v) is 4.01. The first-order valence-electron chi connectivity index (χ1n) is 7.83. The largest absolute Gasteiger partial charge is 0.453 e. The van der Waals surface area contributed by atoms with Gasteiger partial charge < -0.3 is 10.2 Å². The van der Waals surface area contributed by atoms with E-state index < -0.39 is 12.0 Å². The summed E-state index contributed by atoms with van der Waals surface area (Å²) in [4.78, 5) is 21.3. The van der Waals surface area contributed by atoms with Crippen LogP contribution in [0, 0.1) is 13.8 Å². The summed E-state index contributed by atoms with van der Waals surface area (Å²) in [7, 11) is 3.52. The molecule has 0 aromatic carbocycles. The molecule has 11 heteroatoms. The predicted octanol–water partition coefficient (Wildman–Crippen LogP) is 1.79. The summed E-state index contributed by atoms with van der Waals surface area (Å²) < 4.78 is 39.4. The van der Waals surface area contributed by atoms with Crippen LogP contribution in [-0.4, -0.2) is 57.6 Å². The summed E-state index contributed by atoms with van der Waals surface area (Å²) in [6.45, 7) is 4.62. The van der Waals surface area contributed by atoms with Gasteiger partial charge in [0.1, 0.15) is 0 Å². The van der Waals surface area contributed by atoms with Gasteiger partial charge in [-0.3, -0.25) is 4.79 Å². The van der Waals surface area contributed by atoms with Crippen molar-refractivity contribution < 1.29 is 18.0 Å². The van der Waals surface area contributed by atoms with Crippen molar-refractivity contribution in [1.82, 2.24) is 29.8 Å². The number of carbonyl (C=O) groups is 1. The number of likely N-dealkylation sites (N-methyl/N-ethyl adjacent to an activating group) is 2. The van der Waals surface area contributed by atoms with Crippen LogP contribution >= 0.6 is 12.4 Å². The zero-order valence-electron chi connectivity index (χ0n) is 15.0. The lowest BCUT2D eigenvalue weighted by Crippen LogP contribution is -2.33. The summed E-state index contributed by atoms with van der Waals surface area (Å²) in [6.07, 6.45) is -4.00. The van der Waals surface area contributed by atoms with E-state index in [1.165, 1.54) is 0 Å². The van der Waals surface area contributed by atoms with Crippen LogP contribution in [0.5, 0.6) is 0 Å². The number of hydrogen-bond donors (Lipinski definition) is 1. The van der Waals surface area contributed by atoms with E-state index in [4.69, 9.17) is 0 Å². The van der Waals surface area contributed by atoms with Crippen LogP contribution < -0.4 is 5.32 Å². The van der Waals surface area contributed by atoms with Gasteiger partial charge in [-0.25, -0.2) is 9.50 Å². The predicted molar refractivity (Wildman–Crippen MR) is 92.4 cm³/mol. The molecular weight excluding hydrogens is 373 g/mol. The molecule has 0 aliphatic rings. The van der Waals surface area contributed by atoms with Gasteiger partial charge in [0.05, 0.1) is 0 Å². The Morgan fingerprint density at radius 1 is 1.27 bits per heavy atom. The number of amides is 1. The van der Waals surface area contributed by atoms with E-state index in [9.17, 15) is 18.0 Å². The lowest BCUT2D eigenvalue weighted by atomic mass is 10.1. The Bertz CT molecular complexity index is 777. The quantitative estimate of drug-likeness (QED) is 0.808. The second kappa shape index (κ2) is 8.63. The number of hydrogen-bond acceptors (Lipinski definition) is 5. The van der Waals surface area contributed by atoms with Crippen molar-refractivity contribution in [2.45, 2.75) is 32.9 Å². The molecule has 0 unspecified atom stereocenters. The van der Waals surface area contributed by atoms with Crippen molar-refractivity contribution >= 4 is 24.1 Å². The molecule has 7 nitrogen and oxygen atoms in total. The highest BCUT2D eigenvalue weighted by molar-refractivity contribution is 5.85. The van der Waals surface area contributed by atoms with Crippen LogP contribution in [0.3, 0.4) is 0 Å². The molecule has 1 amide bonds. The molecule has 0 saturated heterocycles. The Hall–Kier alpha value is -1.94. The molecule has 0 radical (unpaired) electrons. The Morgan fingerprint density at radius 3 is 2.50 bits per heavy atom. The average molecular weight is 395 g/mol. The van der Waals surface area contributed by atoms with Crippen molar-refractivity contribution in [1.29, 1.82) is 0 Å². The highest BCUT2D eigenvalue weighted by Gasteiger charge is 2.36. The zero-order valence-corrected chi connectivity index (χ0v) is 15.8. The molecule has 0 fully saturated rings. The third-order valence-electron chi connectivity index (χ3n) is 4.01. The maximum absolute atomic E-state index is 12.8. The first-order valence-corrected chi connectivity index (χ1v) is 7.83. The highest BCUT2D eigenvalue weighted by atomic mass is 35.5. The van der Waals surface area contributed by atoms with Crippen molar-refractivity contribution in [2.24, 2.45) is 0 Å². The topological polar surface area (TPSA) is 75.4 Å². The minimum absolute atomic E-state index is 0. The summed E-state index contributed by atoms with van der Waals surface area (Å²) in [6, 6.07) is 0. The van der Waals surface area contributed by atoms with E-state index in [1.54, 1.807) is 32.8 Å². The summed E-state index contributed by atoms with van der Waals surface area (Å²) in [5.74, 6) is -1.35. The molecule has 0 bridgehead atoms. The SMILES string of the molecule is CNCCN(C)C(=O)CCc1c(C)nc2nc(C(F)(F)F)nn2c1C.Cl. The monoisotopic (exact) mass is 394 g/mol. The van der Waals surface area contributed by atoms with Crippen molar-refractivity contribution in [3.8, 4) is 0 Å². The number of alkyl halides is 3. The van der Waals surface area contributed by atoms with Gasteiger partial charge in [-0.05, 0) is 32.9 Å². The van der Waals surface area contributed by atoms with Gasteiger partial charge in [0.2, 0.25) is 5.91 Å². The van der Waals surface area contributed by atoms with Crippen LogP contribution in [0.15, 0.2) is 0 Å². The van der Waals surface area contributed by atoms with Gasteiger partial charge in [0.25, 0.3) is 11.6 Å². The lowest BCUT2D eigenvalue weighted by molar-refractivity contribution is -0.144. The van der Waals surface area contributed by atoms with E-state index in [-0.39, 0.29) is 30.5 Å². The molecule has 0 saturated carbocycles. The molecule has 2 aromatic rings. The van der Waals surface area contributed by atoms with Crippen molar-refractivity contribution in [3.63, 3.8) is 0 Å². The number of carbonyl (C=O) groups excluding carboxylic acids is 1. The van der Waals surface area contributed by atoms with Crippen LogP contribution in [0.2, 0.25) is 0 Å². The summed E-state index contributed by atoms with van der Waals surface area (Å²) >= 11 is 0. The van der Waals surface area contributed by atoms with Gasteiger partial charge in [0, 0.05) is 37.9 Å². The standard InChI is InChI=1S/C15H21F3N6O.ClH/c1-9-11(5-6-12(25)23(4)8-7-19-3)10(2)24-14(20-9)21-13(22-24)15(16,17)18;/h19H,5-8H2,1-4H3;1H. The summed E-state index contributed by atoms with van der Waals surface area (Å²) in [5, 5.41) is 6.47. The van der Waals surface area contributed by atoms with Crippen LogP contribution in [0.25, 0.3) is 5.78 Å². The maximum atomic E-state index is 12.8.